The lowest BCUT2D eigenvalue weighted by Crippen LogP contribution is -2.32. The summed E-state index contributed by atoms with van der Waals surface area (Å²) < 4.78 is 32.8. The number of fused-ring (bicyclic) bond motifs is 3. The summed E-state index contributed by atoms with van der Waals surface area (Å²) in [5.41, 5.74) is 1.71. The fourth-order valence-electron chi connectivity index (χ4n) is 4.72. The molecule has 1 amide bonds. The highest BCUT2D eigenvalue weighted by atomic mass is 32.2. The number of methoxy groups -OCH3 is 1. The fraction of sp³-hybridized carbons (Fsp3) is 0.107. The van der Waals surface area contributed by atoms with Gasteiger partial charge in [-0.05, 0) is 46.7 Å². The molecular formula is C28H23N3O6S. The molecule has 0 radical (unpaired) electrons. The second-order valence-corrected chi connectivity index (χ2v) is 10.5. The molecular weight excluding hydrogens is 506 g/mol. The van der Waals surface area contributed by atoms with E-state index < -0.39 is 27.5 Å². The number of hydrogen-bond acceptors (Lipinski definition) is 6. The van der Waals surface area contributed by atoms with Gasteiger partial charge in [0.1, 0.15) is 5.69 Å². The molecule has 5 rings (SSSR count). The van der Waals surface area contributed by atoms with Crippen molar-refractivity contribution < 1.29 is 22.7 Å². The summed E-state index contributed by atoms with van der Waals surface area (Å²) in [6.45, 7) is 0.108. The molecule has 2 N–H and O–H groups in total. The number of sulfonamides is 1. The van der Waals surface area contributed by atoms with Crippen LogP contribution in [0, 0.1) is 0 Å². The maximum atomic E-state index is 13.6. The SMILES string of the molecule is COC(=O)c1cccc(Cn2c(C(=O)NS(C)(=O)=O)c(-c3ccc[nH]c3=O)c3c4ccccc4ccc32)c1. The van der Waals surface area contributed by atoms with Crippen molar-refractivity contribution in [1.29, 1.82) is 0 Å². The van der Waals surface area contributed by atoms with E-state index in [-0.39, 0.29) is 17.8 Å². The Hall–Kier alpha value is -4.70. The monoisotopic (exact) mass is 529 g/mol. The van der Waals surface area contributed by atoms with E-state index in [0.717, 1.165) is 17.0 Å². The van der Waals surface area contributed by atoms with Crippen LogP contribution in [-0.4, -0.2) is 43.2 Å². The summed E-state index contributed by atoms with van der Waals surface area (Å²) >= 11 is 0. The van der Waals surface area contributed by atoms with Crippen molar-refractivity contribution in [2.24, 2.45) is 0 Å². The largest absolute Gasteiger partial charge is 0.465 e. The molecule has 0 aliphatic carbocycles. The summed E-state index contributed by atoms with van der Waals surface area (Å²) in [5, 5.41) is 2.30. The van der Waals surface area contributed by atoms with Crippen molar-refractivity contribution in [3.8, 4) is 11.1 Å². The molecule has 0 aliphatic heterocycles. The van der Waals surface area contributed by atoms with Gasteiger partial charge in [-0.15, -0.1) is 0 Å². The van der Waals surface area contributed by atoms with Gasteiger partial charge in [0.25, 0.3) is 11.5 Å². The molecule has 2 heterocycles. The van der Waals surface area contributed by atoms with Gasteiger partial charge in [-0.3, -0.25) is 9.59 Å². The molecule has 0 aliphatic rings. The number of rotatable bonds is 6. The summed E-state index contributed by atoms with van der Waals surface area (Å²) in [4.78, 5) is 41.4. The molecule has 3 aromatic carbocycles. The molecule has 0 saturated carbocycles. The Kier molecular flexibility index (Phi) is 6.33. The van der Waals surface area contributed by atoms with Gasteiger partial charge in [0.05, 0.1) is 24.4 Å². The first-order chi connectivity index (χ1) is 18.2. The van der Waals surface area contributed by atoms with Gasteiger partial charge in [0.2, 0.25) is 10.0 Å². The molecule has 0 fully saturated rings. The third-order valence-electron chi connectivity index (χ3n) is 6.22. The lowest BCUT2D eigenvalue weighted by atomic mass is 9.98. The van der Waals surface area contributed by atoms with Crippen LogP contribution in [0.2, 0.25) is 0 Å². The van der Waals surface area contributed by atoms with Gasteiger partial charge in [-0.25, -0.2) is 17.9 Å². The maximum Gasteiger partial charge on any atom is 0.337 e. The van der Waals surface area contributed by atoms with E-state index in [0.29, 0.717) is 27.6 Å². The standard InChI is InChI=1S/C28H23N3O6S/c1-37-28(34)19-9-5-7-17(15-19)16-31-22-13-12-18-8-3-4-10-20(18)23(22)24(21-11-6-14-29-26(21)32)25(31)27(33)30-38(2,35)36/h3-15H,16H2,1-2H3,(H,29,32)(H,30,33). The highest BCUT2D eigenvalue weighted by molar-refractivity contribution is 7.89. The molecule has 0 bridgehead atoms. The third kappa shape index (κ3) is 4.57. The van der Waals surface area contributed by atoms with E-state index in [9.17, 15) is 22.8 Å². The number of aromatic amines is 1. The number of carbonyl (C=O) groups is 2. The first kappa shape index (κ1) is 25.0. The molecule has 0 unspecified atom stereocenters. The number of ether oxygens (including phenoxy) is 1. The molecule has 2 aromatic heterocycles. The van der Waals surface area contributed by atoms with Crippen molar-refractivity contribution in [3.63, 3.8) is 0 Å². The van der Waals surface area contributed by atoms with Gasteiger partial charge >= 0.3 is 5.97 Å². The Balaban J connectivity index is 1.89. The Bertz CT molecular complexity index is 1900. The zero-order valence-electron chi connectivity index (χ0n) is 20.5. The lowest BCUT2D eigenvalue weighted by molar-refractivity contribution is 0.0600. The first-order valence-corrected chi connectivity index (χ1v) is 13.5. The molecule has 0 saturated heterocycles. The van der Waals surface area contributed by atoms with Gasteiger partial charge in [0, 0.05) is 29.3 Å². The van der Waals surface area contributed by atoms with E-state index in [1.807, 2.05) is 36.4 Å². The summed E-state index contributed by atoms with van der Waals surface area (Å²) in [7, 11) is -2.64. The zero-order valence-corrected chi connectivity index (χ0v) is 21.3. The molecule has 192 valence electrons. The zero-order chi connectivity index (χ0) is 27.0. The maximum absolute atomic E-state index is 13.6. The fourth-order valence-corrected chi connectivity index (χ4v) is 5.15. The van der Waals surface area contributed by atoms with E-state index in [1.165, 1.54) is 13.3 Å². The van der Waals surface area contributed by atoms with Crippen LogP contribution < -0.4 is 10.3 Å². The number of carbonyl (C=O) groups excluding carboxylic acids is 2. The van der Waals surface area contributed by atoms with Crippen LogP contribution in [-0.2, 0) is 21.3 Å². The second-order valence-electron chi connectivity index (χ2n) is 8.80. The molecule has 0 atom stereocenters. The Morgan fingerprint density at radius 3 is 2.53 bits per heavy atom. The highest BCUT2D eigenvalue weighted by Gasteiger charge is 2.28. The second kappa shape index (κ2) is 9.64. The van der Waals surface area contributed by atoms with Gasteiger partial charge in [-0.2, -0.15) is 0 Å². The minimum absolute atomic E-state index is 0.00180. The number of benzene rings is 3. The minimum Gasteiger partial charge on any atom is -0.465 e. The van der Waals surface area contributed by atoms with Crippen LogP contribution in [0.4, 0.5) is 0 Å². The van der Waals surface area contributed by atoms with Crippen molar-refractivity contribution in [2.75, 3.05) is 13.4 Å². The van der Waals surface area contributed by atoms with Gasteiger partial charge < -0.3 is 14.3 Å². The quantitative estimate of drug-likeness (QED) is 0.323. The van der Waals surface area contributed by atoms with Crippen molar-refractivity contribution in [1.82, 2.24) is 14.3 Å². The van der Waals surface area contributed by atoms with Crippen molar-refractivity contribution in [2.45, 2.75) is 6.54 Å². The van der Waals surface area contributed by atoms with Crippen LogP contribution in [0.15, 0.2) is 83.8 Å². The Morgan fingerprint density at radius 2 is 1.79 bits per heavy atom. The number of amides is 1. The molecule has 5 aromatic rings. The number of esters is 1. The molecule has 38 heavy (non-hydrogen) atoms. The van der Waals surface area contributed by atoms with E-state index in [2.05, 4.69) is 9.71 Å². The van der Waals surface area contributed by atoms with Crippen LogP contribution >= 0.6 is 0 Å². The van der Waals surface area contributed by atoms with Crippen molar-refractivity contribution >= 4 is 43.6 Å². The topological polar surface area (TPSA) is 127 Å². The molecule has 9 nitrogen and oxygen atoms in total. The van der Waals surface area contributed by atoms with Crippen LogP contribution in [0.25, 0.3) is 32.8 Å². The smallest absolute Gasteiger partial charge is 0.337 e. The first-order valence-electron chi connectivity index (χ1n) is 11.6. The van der Waals surface area contributed by atoms with Crippen LogP contribution in [0.1, 0.15) is 26.4 Å². The Morgan fingerprint density at radius 1 is 1.00 bits per heavy atom. The number of nitrogens with one attached hydrogen (secondary N) is 2. The van der Waals surface area contributed by atoms with E-state index >= 15 is 0 Å². The van der Waals surface area contributed by atoms with E-state index in [4.69, 9.17) is 4.74 Å². The normalized spacial score (nSPS) is 11.5. The molecule has 10 heteroatoms. The number of H-pyrrole nitrogens is 1. The van der Waals surface area contributed by atoms with Gasteiger partial charge in [0.15, 0.2) is 0 Å². The number of aromatic nitrogens is 2. The van der Waals surface area contributed by atoms with Gasteiger partial charge in [-0.1, -0.05) is 42.5 Å². The number of hydrogen-bond donors (Lipinski definition) is 2. The average molecular weight is 530 g/mol. The summed E-state index contributed by atoms with van der Waals surface area (Å²) in [6.07, 6.45) is 2.37. The number of pyridine rings is 1. The summed E-state index contributed by atoms with van der Waals surface area (Å²) in [6, 6.07) is 21.3. The summed E-state index contributed by atoms with van der Waals surface area (Å²) in [5.74, 6) is -1.39. The highest BCUT2D eigenvalue weighted by Crippen LogP contribution is 2.39. The predicted molar refractivity (Wildman–Crippen MR) is 145 cm³/mol. The molecule has 0 spiro atoms. The van der Waals surface area contributed by atoms with Crippen LogP contribution in [0.5, 0.6) is 0 Å². The Labute approximate surface area is 217 Å². The van der Waals surface area contributed by atoms with Crippen molar-refractivity contribution in [3.05, 3.63) is 106 Å². The average Bonchev–Trinajstić information content (AvgIpc) is 3.22. The predicted octanol–water partition coefficient (Wildman–Crippen LogP) is 3.67. The minimum atomic E-state index is -3.93. The third-order valence-corrected chi connectivity index (χ3v) is 6.78. The number of nitrogens with zero attached hydrogens (tertiary/aromatic N) is 1. The van der Waals surface area contributed by atoms with Crippen LogP contribution in [0.3, 0.4) is 0 Å². The van der Waals surface area contributed by atoms with E-state index in [1.54, 1.807) is 41.0 Å². The lowest BCUT2D eigenvalue weighted by Gasteiger charge is -2.13.